The third-order valence-electron chi connectivity index (χ3n) is 2.63. The molecule has 0 bridgehead atoms. The second-order valence-electron chi connectivity index (χ2n) is 3.86. The Morgan fingerprint density at radius 3 is 2.61 bits per heavy atom. The predicted molar refractivity (Wildman–Crippen MR) is 71.0 cm³/mol. The summed E-state index contributed by atoms with van der Waals surface area (Å²) in [4.78, 5) is 11.4. The molecule has 3 N–H and O–H groups in total. The Morgan fingerprint density at radius 1 is 1.44 bits per heavy atom. The summed E-state index contributed by atoms with van der Waals surface area (Å²) in [6, 6.07) is 6.97. The summed E-state index contributed by atoms with van der Waals surface area (Å²) in [5, 5.41) is 14.4. The van der Waals surface area contributed by atoms with Gasteiger partial charge in [0.25, 0.3) is 0 Å². The van der Waals surface area contributed by atoms with Crippen molar-refractivity contribution in [2.75, 3.05) is 13.2 Å². The SMILES string of the molecule is C#CCNC(=O)NC(CO)c1ccc(CC)cc1. The molecule has 1 unspecified atom stereocenters. The minimum atomic E-state index is -0.423. The maximum Gasteiger partial charge on any atom is 0.316 e. The molecule has 4 nitrogen and oxygen atoms in total. The van der Waals surface area contributed by atoms with Gasteiger partial charge < -0.3 is 15.7 Å². The molecule has 0 aliphatic rings. The van der Waals surface area contributed by atoms with Crippen LogP contribution in [0.25, 0.3) is 0 Å². The lowest BCUT2D eigenvalue weighted by Gasteiger charge is -2.17. The molecule has 0 fully saturated rings. The van der Waals surface area contributed by atoms with E-state index < -0.39 is 6.04 Å². The number of carbonyl (C=O) groups excluding carboxylic acids is 1. The van der Waals surface area contributed by atoms with Gasteiger partial charge in [-0.25, -0.2) is 4.79 Å². The minimum Gasteiger partial charge on any atom is -0.394 e. The van der Waals surface area contributed by atoms with Crippen molar-refractivity contribution in [1.29, 1.82) is 0 Å². The van der Waals surface area contributed by atoms with Crippen molar-refractivity contribution in [3.63, 3.8) is 0 Å². The number of carbonyl (C=O) groups is 1. The molecule has 96 valence electrons. The summed E-state index contributed by atoms with van der Waals surface area (Å²) < 4.78 is 0. The number of aryl methyl sites for hydroxylation is 1. The number of hydrogen-bond acceptors (Lipinski definition) is 2. The van der Waals surface area contributed by atoms with E-state index in [1.807, 2.05) is 24.3 Å². The Hall–Kier alpha value is -1.99. The molecule has 0 aromatic heterocycles. The van der Waals surface area contributed by atoms with Gasteiger partial charge in [-0.1, -0.05) is 37.1 Å². The lowest BCUT2D eigenvalue weighted by atomic mass is 10.0. The van der Waals surface area contributed by atoms with Gasteiger partial charge in [-0.15, -0.1) is 6.42 Å². The maximum atomic E-state index is 11.4. The monoisotopic (exact) mass is 246 g/mol. The van der Waals surface area contributed by atoms with Crippen LogP contribution in [0.4, 0.5) is 4.79 Å². The number of benzene rings is 1. The van der Waals surface area contributed by atoms with Crippen LogP contribution in [0.2, 0.25) is 0 Å². The van der Waals surface area contributed by atoms with Gasteiger partial charge in [0.2, 0.25) is 0 Å². The molecule has 0 saturated carbocycles. The fourth-order valence-corrected chi connectivity index (χ4v) is 1.56. The normalized spacial score (nSPS) is 11.4. The molecule has 1 aromatic carbocycles. The molecule has 0 spiro atoms. The van der Waals surface area contributed by atoms with Crippen LogP contribution >= 0.6 is 0 Å². The quantitative estimate of drug-likeness (QED) is 0.684. The van der Waals surface area contributed by atoms with Crippen LogP contribution in [0.5, 0.6) is 0 Å². The molecule has 1 atom stereocenters. The summed E-state index contributed by atoms with van der Waals surface area (Å²) in [6.07, 6.45) is 6.00. The van der Waals surface area contributed by atoms with Gasteiger partial charge in [-0.05, 0) is 17.5 Å². The van der Waals surface area contributed by atoms with E-state index in [1.54, 1.807) is 0 Å². The molecule has 4 heteroatoms. The fraction of sp³-hybridized carbons (Fsp3) is 0.357. The van der Waals surface area contributed by atoms with E-state index in [-0.39, 0.29) is 19.2 Å². The number of amides is 2. The van der Waals surface area contributed by atoms with Crippen LogP contribution in [-0.4, -0.2) is 24.3 Å². The van der Waals surface area contributed by atoms with E-state index in [1.165, 1.54) is 5.56 Å². The lowest BCUT2D eigenvalue weighted by molar-refractivity contribution is 0.218. The van der Waals surface area contributed by atoms with E-state index >= 15 is 0 Å². The van der Waals surface area contributed by atoms with Gasteiger partial charge >= 0.3 is 6.03 Å². The zero-order valence-electron chi connectivity index (χ0n) is 10.4. The third-order valence-corrected chi connectivity index (χ3v) is 2.63. The molecule has 2 amide bonds. The van der Waals surface area contributed by atoms with Gasteiger partial charge in [0.1, 0.15) is 0 Å². The van der Waals surface area contributed by atoms with Crippen LogP contribution < -0.4 is 10.6 Å². The predicted octanol–water partition coefficient (Wildman–Crippen LogP) is 1.21. The zero-order valence-corrected chi connectivity index (χ0v) is 10.4. The minimum absolute atomic E-state index is 0.158. The number of terminal acetylenes is 1. The highest BCUT2D eigenvalue weighted by atomic mass is 16.3. The number of aliphatic hydroxyl groups excluding tert-OH is 1. The van der Waals surface area contributed by atoms with Crippen molar-refractivity contribution in [3.8, 4) is 12.3 Å². The van der Waals surface area contributed by atoms with Crippen molar-refractivity contribution >= 4 is 6.03 Å². The molecule has 1 aromatic rings. The molecule has 1 rings (SSSR count). The highest BCUT2D eigenvalue weighted by molar-refractivity contribution is 5.74. The molecule has 0 saturated heterocycles. The molecule has 0 heterocycles. The topological polar surface area (TPSA) is 61.4 Å². The number of aliphatic hydroxyl groups is 1. The molecular weight excluding hydrogens is 228 g/mol. The van der Waals surface area contributed by atoms with Crippen LogP contribution in [0.15, 0.2) is 24.3 Å². The van der Waals surface area contributed by atoms with E-state index in [4.69, 9.17) is 6.42 Å². The maximum absolute atomic E-state index is 11.4. The van der Waals surface area contributed by atoms with Crippen molar-refractivity contribution in [1.82, 2.24) is 10.6 Å². The van der Waals surface area contributed by atoms with Gasteiger partial charge in [0, 0.05) is 0 Å². The fourth-order valence-electron chi connectivity index (χ4n) is 1.56. The summed E-state index contributed by atoms with van der Waals surface area (Å²) in [5.41, 5.74) is 2.08. The first-order chi connectivity index (χ1) is 8.71. The van der Waals surface area contributed by atoms with Crippen LogP contribution in [0, 0.1) is 12.3 Å². The highest BCUT2D eigenvalue weighted by Crippen LogP contribution is 2.13. The van der Waals surface area contributed by atoms with Crippen molar-refractivity contribution in [2.24, 2.45) is 0 Å². The summed E-state index contributed by atoms with van der Waals surface area (Å²) in [6.45, 7) is 2.08. The number of rotatable bonds is 5. The van der Waals surface area contributed by atoms with Gasteiger partial charge in [-0.2, -0.15) is 0 Å². The van der Waals surface area contributed by atoms with Crippen LogP contribution in [0.3, 0.4) is 0 Å². The van der Waals surface area contributed by atoms with Crippen molar-refractivity contribution < 1.29 is 9.90 Å². The van der Waals surface area contributed by atoms with Crippen molar-refractivity contribution in [2.45, 2.75) is 19.4 Å². The van der Waals surface area contributed by atoms with Gasteiger partial charge in [0.15, 0.2) is 0 Å². The lowest BCUT2D eigenvalue weighted by Crippen LogP contribution is -2.39. The zero-order chi connectivity index (χ0) is 13.4. The first kappa shape index (κ1) is 14.1. The number of urea groups is 1. The van der Waals surface area contributed by atoms with Gasteiger partial charge in [0.05, 0.1) is 19.2 Å². The summed E-state index contributed by atoms with van der Waals surface area (Å²) >= 11 is 0. The van der Waals surface area contributed by atoms with Gasteiger partial charge in [-0.3, -0.25) is 0 Å². The highest BCUT2D eigenvalue weighted by Gasteiger charge is 2.12. The Labute approximate surface area is 107 Å². The Balaban J connectivity index is 2.64. The second kappa shape index (κ2) is 7.36. The van der Waals surface area contributed by atoms with Crippen LogP contribution in [-0.2, 0) is 6.42 Å². The van der Waals surface area contributed by atoms with E-state index in [0.717, 1.165) is 12.0 Å². The molecule has 0 aliphatic heterocycles. The number of hydrogen-bond donors (Lipinski definition) is 3. The average molecular weight is 246 g/mol. The Bertz CT molecular complexity index is 420. The van der Waals surface area contributed by atoms with E-state index in [2.05, 4.69) is 23.5 Å². The first-order valence-corrected chi connectivity index (χ1v) is 5.88. The smallest absolute Gasteiger partial charge is 0.316 e. The van der Waals surface area contributed by atoms with E-state index in [0.29, 0.717) is 0 Å². The second-order valence-corrected chi connectivity index (χ2v) is 3.86. The Morgan fingerprint density at radius 2 is 2.11 bits per heavy atom. The van der Waals surface area contributed by atoms with E-state index in [9.17, 15) is 9.90 Å². The molecule has 0 aliphatic carbocycles. The third kappa shape index (κ3) is 4.11. The molecule has 0 radical (unpaired) electrons. The first-order valence-electron chi connectivity index (χ1n) is 5.88. The number of nitrogens with one attached hydrogen (secondary N) is 2. The summed E-state index contributed by atoms with van der Waals surface area (Å²) in [7, 11) is 0. The van der Waals surface area contributed by atoms with Crippen molar-refractivity contribution in [3.05, 3.63) is 35.4 Å². The largest absolute Gasteiger partial charge is 0.394 e. The average Bonchev–Trinajstić information content (AvgIpc) is 2.42. The van der Waals surface area contributed by atoms with Crippen LogP contribution in [0.1, 0.15) is 24.1 Å². The summed E-state index contributed by atoms with van der Waals surface area (Å²) in [5.74, 6) is 2.31. The molecular formula is C14H18N2O2. The Kier molecular flexibility index (Phi) is 5.75. The molecule has 18 heavy (non-hydrogen) atoms. The standard InChI is InChI=1S/C14H18N2O2/c1-3-9-15-14(18)16-13(10-17)12-7-5-11(4-2)6-8-12/h1,5-8,13,17H,4,9-10H2,2H3,(H2,15,16,18).